The van der Waals surface area contributed by atoms with E-state index in [4.69, 9.17) is 9.47 Å². The van der Waals surface area contributed by atoms with Crippen LogP contribution in [0.1, 0.15) is 25.7 Å². The Morgan fingerprint density at radius 2 is 1.47 bits per heavy atom. The molecule has 0 saturated carbocycles. The standard InChI is InChI=1S/C11H22N2O2/c1-5-14-6-2-10(1)9-12-13-11-3-7-15-8-4-11/h10-13H,1-9H2. The summed E-state index contributed by atoms with van der Waals surface area (Å²) >= 11 is 0. The lowest BCUT2D eigenvalue weighted by molar-refractivity contribution is 0.0592. The van der Waals surface area contributed by atoms with Gasteiger partial charge in [-0.05, 0) is 31.6 Å². The van der Waals surface area contributed by atoms with Crippen LogP contribution in [-0.2, 0) is 9.47 Å². The molecule has 0 aromatic heterocycles. The van der Waals surface area contributed by atoms with Gasteiger partial charge in [-0.25, -0.2) is 0 Å². The van der Waals surface area contributed by atoms with Crippen LogP contribution in [0.4, 0.5) is 0 Å². The molecule has 2 saturated heterocycles. The molecule has 88 valence electrons. The van der Waals surface area contributed by atoms with Crippen molar-refractivity contribution in [1.82, 2.24) is 10.9 Å². The molecule has 2 fully saturated rings. The molecule has 0 amide bonds. The van der Waals surface area contributed by atoms with Crippen molar-refractivity contribution in [2.24, 2.45) is 5.92 Å². The molecule has 2 rings (SSSR count). The molecule has 2 N–H and O–H groups in total. The molecule has 2 aliphatic rings. The van der Waals surface area contributed by atoms with Crippen molar-refractivity contribution in [2.45, 2.75) is 31.7 Å². The molecule has 0 spiro atoms. The quantitative estimate of drug-likeness (QED) is 0.676. The molecule has 0 aromatic carbocycles. The second-order valence-electron chi connectivity index (χ2n) is 4.47. The van der Waals surface area contributed by atoms with E-state index in [1.807, 2.05) is 0 Å². The van der Waals surface area contributed by atoms with Crippen molar-refractivity contribution in [3.8, 4) is 0 Å². The molecule has 0 radical (unpaired) electrons. The third-order valence-electron chi connectivity index (χ3n) is 3.26. The van der Waals surface area contributed by atoms with Gasteiger partial charge in [0.25, 0.3) is 0 Å². The average Bonchev–Trinajstić information content (AvgIpc) is 2.32. The summed E-state index contributed by atoms with van der Waals surface area (Å²) in [4.78, 5) is 0. The van der Waals surface area contributed by atoms with Crippen molar-refractivity contribution in [2.75, 3.05) is 33.0 Å². The highest BCUT2D eigenvalue weighted by molar-refractivity contribution is 4.70. The first-order chi connectivity index (χ1) is 7.45. The fourth-order valence-corrected chi connectivity index (χ4v) is 2.14. The number of rotatable bonds is 4. The molecule has 0 atom stereocenters. The van der Waals surface area contributed by atoms with E-state index in [0.717, 1.165) is 51.7 Å². The van der Waals surface area contributed by atoms with E-state index < -0.39 is 0 Å². The van der Waals surface area contributed by atoms with E-state index in [9.17, 15) is 0 Å². The summed E-state index contributed by atoms with van der Waals surface area (Å²) in [6.45, 7) is 4.74. The molecule has 15 heavy (non-hydrogen) atoms. The summed E-state index contributed by atoms with van der Waals surface area (Å²) in [5.41, 5.74) is 6.76. The zero-order chi connectivity index (χ0) is 10.3. The molecular weight excluding hydrogens is 192 g/mol. The lowest BCUT2D eigenvalue weighted by Gasteiger charge is -2.26. The number of hydrogen-bond donors (Lipinski definition) is 2. The average molecular weight is 214 g/mol. The lowest BCUT2D eigenvalue weighted by atomic mass is 10.0. The Morgan fingerprint density at radius 1 is 0.867 bits per heavy atom. The van der Waals surface area contributed by atoms with Crippen LogP contribution in [0, 0.1) is 5.92 Å². The minimum Gasteiger partial charge on any atom is -0.381 e. The van der Waals surface area contributed by atoms with Gasteiger partial charge in [0.05, 0.1) is 0 Å². The highest BCUT2D eigenvalue weighted by Crippen LogP contribution is 2.13. The van der Waals surface area contributed by atoms with Crippen molar-refractivity contribution in [3.05, 3.63) is 0 Å². The van der Waals surface area contributed by atoms with Crippen molar-refractivity contribution in [1.29, 1.82) is 0 Å². The fourth-order valence-electron chi connectivity index (χ4n) is 2.14. The third kappa shape index (κ3) is 4.07. The van der Waals surface area contributed by atoms with Gasteiger partial charge in [0.2, 0.25) is 0 Å². The van der Waals surface area contributed by atoms with E-state index in [-0.39, 0.29) is 0 Å². The maximum atomic E-state index is 5.33. The molecule has 0 aromatic rings. The molecule has 4 heteroatoms. The smallest absolute Gasteiger partial charge is 0.0481 e. The Kier molecular flexibility index (Phi) is 4.86. The van der Waals surface area contributed by atoms with Crippen LogP contribution in [0.25, 0.3) is 0 Å². The van der Waals surface area contributed by atoms with Gasteiger partial charge in [0.1, 0.15) is 0 Å². The molecule has 4 nitrogen and oxygen atoms in total. The Labute approximate surface area is 91.7 Å². The predicted molar refractivity (Wildman–Crippen MR) is 58.5 cm³/mol. The molecule has 0 unspecified atom stereocenters. The highest BCUT2D eigenvalue weighted by atomic mass is 16.5. The molecule has 2 heterocycles. The first-order valence-corrected chi connectivity index (χ1v) is 6.09. The molecule has 0 bridgehead atoms. The van der Waals surface area contributed by atoms with Gasteiger partial charge < -0.3 is 9.47 Å². The largest absolute Gasteiger partial charge is 0.381 e. The first kappa shape index (κ1) is 11.3. The Balaban J connectivity index is 1.53. The van der Waals surface area contributed by atoms with Crippen molar-refractivity contribution in [3.63, 3.8) is 0 Å². The van der Waals surface area contributed by atoms with E-state index in [1.165, 1.54) is 12.8 Å². The maximum absolute atomic E-state index is 5.33. The van der Waals surface area contributed by atoms with Gasteiger partial charge in [-0.2, -0.15) is 0 Å². The fraction of sp³-hybridized carbons (Fsp3) is 1.00. The highest BCUT2D eigenvalue weighted by Gasteiger charge is 2.15. The normalized spacial score (nSPS) is 25.6. The van der Waals surface area contributed by atoms with Gasteiger partial charge in [0, 0.05) is 39.0 Å². The Hall–Kier alpha value is -0.160. The summed E-state index contributed by atoms with van der Waals surface area (Å²) in [6, 6.07) is 0.596. The van der Waals surface area contributed by atoms with Gasteiger partial charge in [0.15, 0.2) is 0 Å². The second-order valence-corrected chi connectivity index (χ2v) is 4.47. The van der Waals surface area contributed by atoms with E-state index in [2.05, 4.69) is 10.9 Å². The van der Waals surface area contributed by atoms with Gasteiger partial charge in [-0.15, -0.1) is 0 Å². The minimum absolute atomic E-state index is 0.596. The van der Waals surface area contributed by atoms with Crippen LogP contribution in [0.15, 0.2) is 0 Å². The second kappa shape index (κ2) is 6.43. The Morgan fingerprint density at radius 3 is 2.13 bits per heavy atom. The summed E-state index contributed by atoms with van der Waals surface area (Å²) < 4.78 is 10.6. The zero-order valence-electron chi connectivity index (χ0n) is 9.34. The summed E-state index contributed by atoms with van der Waals surface area (Å²) in [7, 11) is 0. The van der Waals surface area contributed by atoms with Gasteiger partial charge >= 0.3 is 0 Å². The molecule has 0 aliphatic carbocycles. The van der Waals surface area contributed by atoms with Crippen LogP contribution in [0.2, 0.25) is 0 Å². The monoisotopic (exact) mass is 214 g/mol. The number of hydrogen-bond acceptors (Lipinski definition) is 4. The molecular formula is C11H22N2O2. The SMILES string of the molecule is C1CC(CNNC2CCOCC2)CCO1. The van der Waals surface area contributed by atoms with Crippen LogP contribution < -0.4 is 10.9 Å². The topological polar surface area (TPSA) is 42.5 Å². The van der Waals surface area contributed by atoms with Crippen molar-refractivity contribution < 1.29 is 9.47 Å². The Bertz CT molecular complexity index is 148. The van der Waals surface area contributed by atoms with Crippen LogP contribution >= 0.6 is 0 Å². The lowest BCUT2D eigenvalue weighted by Crippen LogP contribution is -2.46. The number of hydrazine groups is 1. The van der Waals surface area contributed by atoms with Gasteiger partial charge in [-0.1, -0.05) is 0 Å². The zero-order valence-corrected chi connectivity index (χ0v) is 9.34. The minimum atomic E-state index is 0.596. The van der Waals surface area contributed by atoms with Gasteiger partial charge in [-0.3, -0.25) is 10.9 Å². The van der Waals surface area contributed by atoms with Crippen LogP contribution in [0.3, 0.4) is 0 Å². The first-order valence-electron chi connectivity index (χ1n) is 6.09. The number of nitrogens with one attached hydrogen (secondary N) is 2. The molecule has 2 aliphatic heterocycles. The predicted octanol–water partition coefficient (Wildman–Crippen LogP) is 0.686. The third-order valence-corrected chi connectivity index (χ3v) is 3.26. The van der Waals surface area contributed by atoms with Crippen molar-refractivity contribution >= 4 is 0 Å². The maximum Gasteiger partial charge on any atom is 0.0481 e. The van der Waals surface area contributed by atoms with E-state index in [0.29, 0.717) is 6.04 Å². The summed E-state index contributed by atoms with van der Waals surface area (Å²) in [6.07, 6.45) is 4.65. The van der Waals surface area contributed by atoms with E-state index in [1.54, 1.807) is 0 Å². The number of ether oxygens (including phenoxy) is 2. The van der Waals surface area contributed by atoms with E-state index >= 15 is 0 Å². The van der Waals surface area contributed by atoms with Crippen LogP contribution in [-0.4, -0.2) is 39.0 Å². The van der Waals surface area contributed by atoms with Crippen LogP contribution in [0.5, 0.6) is 0 Å². The summed E-state index contributed by atoms with van der Waals surface area (Å²) in [5, 5.41) is 0. The summed E-state index contributed by atoms with van der Waals surface area (Å²) in [5.74, 6) is 0.783.